The number of hydrogen-bond acceptors (Lipinski definition) is 5. The molecule has 7 nitrogen and oxygen atoms in total. The quantitative estimate of drug-likeness (QED) is 0.533. The molecule has 0 aliphatic carbocycles. The number of sulfone groups is 1. The predicted molar refractivity (Wildman–Crippen MR) is 131 cm³/mol. The first-order chi connectivity index (χ1) is 16.7. The Morgan fingerprint density at radius 2 is 1.60 bits per heavy atom. The van der Waals surface area contributed by atoms with Crippen molar-refractivity contribution in [2.45, 2.75) is 34.9 Å². The molecule has 2 saturated heterocycles. The van der Waals surface area contributed by atoms with Crippen molar-refractivity contribution in [3.8, 4) is 0 Å². The number of fused-ring (bicyclic) bond motifs is 1. The molecular formula is C27H24N2O5S. The van der Waals surface area contributed by atoms with E-state index in [4.69, 9.17) is 0 Å². The molecule has 1 N–H and O–H groups in total. The molecule has 2 fully saturated rings. The lowest BCUT2D eigenvalue weighted by molar-refractivity contribution is -0.169. The maximum Gasteiger partial charge on any atom is 0.332 e. The lowest BCUT2D eigenvalue weighted by atomic mass is 9.65. The van der Waals surface area contributed by atoms with E-state index in [0.29, 0.717) is 16.8 Å². The first-order valence-corrected chi connectivity index (χ1v) is 12.8. The molecule has 3 heterocycles. The van der Waals surface area contributed by atoms with Gasteiger partial charge in [0.05, 0.1) is 12.1 Å². The van der Waals surface area contributed by atoms with Crippen molar-refractivity contribution in [3.05, 3.63) is 108 Å². The molecule has 3 aromatic rings. The molecule has 2 aliphatic rings. The van der Waals surface area contributed by atoms with Gasteiger partial charge in [-0.1, -0.05) is 72.8 Å². The van der Waals surface area contributed by atoms with Crippen molar-refractivity contribution in [2.24, 2.45) is 0 Å². The number of aromatic nitrogens is 1. The average molecular weight is 489 g/mol. The maximum absolute atomic E-state index is 14.0. The molecule has 178 valence electrons. The highest BCUT2D eigenvalue weighted by Crippen LogP contribution is 2.60. The van der Waals surface area contributed by atoms with Crippen LogP contribution in [0.4, 0.5) is 0 Å². The van der Waals surface area contributed by atoms with Gasteiger partial charge in [0.1, 0.15) is 10.1 Å². The van der Waals surface area contributed by atoms with Crippen molar-refractivity contribution in [1.82, 2.24) is 9.88 Å². The Labute approximate surface area is 203 Å². The predicted octanol–water partition coefficient (Wildman–Crippen LogP) is 3.50. The summed E-state index contributed by atoms with van der Waals surface area (Å²) in [7, 11) is -4.13. The smallest absolute Gasteiger partial charge is 0.332 e. The number of β-lactam (4-membered cyclic amide) rings is 1. The van der Waals surface area contributed by atoms with Gasteiger partial charge in [-0.3, -0.25) is 9.78 Å². The van der Waals surface area contributed by atoms with Gasteiger partial charge in [0.25, 0.3) is 0 Å². The fourth-order valence-electron chi connectivity index (χ4n) is 5.57. The summed E-state index contributed by atoms with van der Waals surface area (Å²) in [5.74, 6) is -2.82. The molecule has 0 saturated carbocycles. The number of carbonyl (C=O) groups is 2. The number of carbonyl (C=O) groups excluding carboxylic acids is 1. The second-order valence-electron chi connectivity index (χ2n) is 8.99. The molecule has 0 spiro atoms. The SMILES string of the molecule is C[C@]1(C=Cc2ccccn2)[C@@](C(=O)O)(C(c2ccccc2)c2ccccc2)N2C(=O)C[C@H]2S1(=O)=O. The van der Waals surface area contributed by atoms with E-state index in [0.717, 1.165) is 4.90 Å². The van der Waals surface area contributed by atoms with Gasteiger partial charge in [-0.15, -0.1) is 0 Å². The van der Waals surface area contributed by atoms with Crippen molar-refractivity contribution < 1.29 is 23.1 Å². The van der Waals surface area contributed by atoms with E-state index in [1.807, 2.05) is 12.1 Å². The van der Waals surface area contributed by atoms with Crippen LogP contribution >= 0.6 is 0 Å². The van der Waals surface area contributed by atoms with Gasteiger partial charge < -0.3 is 10.0 Å². The molecule has 0 radical (unpaired) electrons. The van der Waals surface area contributed by atoms with Crippen LogP contribution in [0, 0.1) is 0 Å². The standard InChI is InChI=1S/C27H24N2O5S/c1-26(16-15-21-14-8-9-17-28-21)27(25(31)32,29-22(30)18-23(29)35(26,33)34)24(19-10-4-2-5-11-19)20-12-6-3-7-13-20/h2-17,23-24H,18H2,1H3,(H,31,32)/t23-,26+,27+/m1/s1. The lowest BCUT2D eigenvalue weighted by Crippen LogP contribution is -2.70. The van der Waals surface area contributed by atoms with E-state index >= 15 is 0 Å². The largest absolute Gasteiger partial charge is 0.479 e. The van der Waals surface area contributed by atoms with Crippen LogP contribution in [-0.4, -0.2) is 50.9 Å². The van der Waals surface area contributed by atoms with Crippen LogP contribution in [-0.2, 0) is 19.4 Å². The zero-order chi connectivity index (χ0) is 24.8. The van der Waals surface area contributed by atoms with E-state index < -0.39 is 43.3 Å². The van der Waals surface area contributed by atoms with Gasteiger partial charge in [0.15, 0.2) is 15.4 Å². The summed E-state index contributed by atoms with van der Waals surface area (Å²) >= 11 is 0. The third-order valence-electron chi connectivity index (χ3n) is 7.26. The molecule has 35 heavy (non-hydrogen) atoms. The van der Waals surface area contributed by atoms with Crippen LogP contribution in [0.25, 0.3) is 6.08 Å². The number of amides is 1. The fraction of sp³-hybridized carbons (Fsp3) is 0.222. The Kier molecular flexibility index (Phi) is 5.36. The summed E-state index contributed by atoms with van der Waals surface area (Å²) in [6.45, 7) is 1.42. The molecule has 2 aliphatic heterocycles. The van der Waals surface area contributed by atoms with Gasteiger partial charge in [-0.2, -0.15) is 0 Å². The number of carboxylic acid groups (broad SMARTS) is 1. The Morgan fingerprint density at radius 1 is 1.03 bits per heavy atom. The van der Waals surface area contributed by atoms with Crippen molar-refractivity contribution >= 4 is 27.8 Å². The molecule has 0 bridgehead atoms. The normalized spacial score (nSPS) is 27.1. The van der Waals surface area contributed by atoms with Crippen LogP contribution < -0.4 is 0 Å². The number of benzene rings is 2. The second kappa shape index (κ2) is 8.16. The first kappa shape index (κ1) is 23.0. The Hall–Kier alpha value is -3.78. The minimum atomic E-state index is -4.13. The highest BCUT2D eigenvalue weighted by Gasteiger charge is 2.80. The third kappa shape index (κ3) is 3.09. The third-order valence-corrected chi connectivity index (χ3v) is 9.98. The summed E-state index contributed by atoms with van der Waals surface area (Å²) in [5, 5.41) is 9.74. The van der Waals surface area contributed by atoms with Gasteiger partial charge in [-0.25, -0.2) is 13.2 Å². The van der Waals surface area contributed by atoms with Crippen molar-refractivity contribution in [1.29, 1.82) is 0 Å². The first-order valence-electron chi connectivity index (χ1n) is 11.2. The van der Waals surface area contributed by atoms with Crippen molar-refractivity contribution in [2.75, 3.05) is 0 Å². The van der Waals surface area contributed by atoms with E-state index in [1.165, 1.54) is 19.1 Å². The average Bonchev–Trinajstić information content (AvgIpc) is 2.98. The van der Waals surface area contributed by atoms with Crippen LogP contribution in [0.1, 0.15) is 36.1 Å². The summed E-state index contributed by atoms with van der Waals surface area (Å²) in [6.07, 6.45) is 4.27. The van der Waals surface area contributed by atoms with Gasteiger partial charge in [-0.05, 0) is 36.3 Å². The minimum absolute atomic E-state index is 0.235. The second-order valence-corrected chi connectivity index (χ2v) is 11.5. The van der Waals surface area contributed by atoms with Crippen LogP contribution in [0.15, 0.2) is 91.1 Å². The zero-order valence-electron chi connectivity index (χ0n) is 19.0. The van der Waals surface area contributed by atoms with E-state index in [2.05, 4.69) is 4.98 Å². The van der Waals surface area contributed by atoms with E-state index in [-0.39, 0.29) is 6.42 Å². The molecule has 8 heteroatoms. The minimum Gasteiger partial charge on any atom is -0.479 e. The van der Waals surface area contributed by atoms with Crippen LogP contribution in [0.3, 0.4) is 0 Å². The maximum atomic E-state index is 14.0. The van der Waals surface area contributed by atoms with E-state index in [1.54, 1.807) is 72.9 Å². The molecule has 2 aromatic carbocycles. The molecular weight excluding hydrogens is 464 g/mol. The summed E-state index contributed by atoms with van der Waals surface area (Å²) in [5.41, 5.74) is -0.428. The number of hydrogen-bond donors (Lipinski definition) is 1. The van der Waals surface area contributed by atoms with E-state index in [9.17, 15) is 23.1 Å². The van der Waals surface area contributed by atoms with Gasteiger partial charge in [0.2, 0.25) is 5.91 Å². The molecule has 1 aromatic heterocycles. The Bertz CT molecular complexity index is 1370. The molecule has 1 amide bonds. The molecule has 5 rings (SSSR count). The number of carboxylic acids is 1. The topological polar surface area (TPSA) is 105 Å². The number of aliphatic carboxylic acids is 1. The molecule has 3 atom stereocenters. The highest BCUT2D eigenvalue weighted by atomic mass is 32.2. The van der Waals surface area contributed by atoms with Crippen LogP contribution in [0.2, 0.25) is 0 Å². The number of nitrogens with zero attached hydrogens (tertiary/aromatic N) is 2. The van der Waals surface area contributed by atoms with Gasteiger partial charge >= 0.3 is 5.97 Å². The number of rotatable bonds is 6. The summed E-state index contributed by atoms with van der Waals surface area (Å²) < 4.78 is 26.1. The molecule has 0 unspecified atom stereocenters. The highest BCUT2D eigenvalue weighted by molar-refractivity contribution is 7.94. The Morgan fingerprint density at radius 3 is 2.09 bits per heavy atom. The lowest BCUT2D eigenvalue weighted by Gasteiger charge is -2.50. The van der Waals surface area contributed by atoms with Gasteiger partial charge in [0, 0.05) is 12.1 Å². The zero-order valence-corrected chi connectivity index (χ0v) is 19.8. The monoisotopic (exact) mass is 488 g/mol. The summed E-state index contributed by atoms with van der Waals surface area (Å²) in [4.78, 5) is 31.8. The van der Waals surface area contributed by atoms with Crippen molar-refractivity contribution in [3.63, 3.8) is 0 Å². The fourth-order valence-corrected chi connectivity index (χ4v) is 8.05. The summed E-state index contributed by atoms with van der Waals surface area (Å²) in [6, 6.07) is 23.0. The van der Waals surface area contributed by atoms with Crippen LogP contribution in [0.5, 0.6) is 0 Å². The number of pyridine rings is 1. The Balaban J connectivity index is 1.85.